The summed E-state index contributed by atoms with van der Waals surface area (Å²) >= 11 is 18.7. The predicted octanol–water partition coefficient (Wildman–Crippen LogP) is 6.48. The standard InChI is InChI=1S/C29H24Cl3FN4O6S2/c30-20-5-1-3-7-24(20)35-44(39,40)18-9-10-27(37-11-13-43-14-12-37)26(15-18)34-29(38)19-16-28(22(32)17-21(19)31)45(41,42)36-25-8-4-2-6-23(25)33/h1-10,15-17,35-36H,11-14H2,(H,34,38). The molecule has 0 bridgehead atoms. The number of nitrogens with one attached hydrogen (secondary N) is 3. The zero-order valence-electron chi connectivity index (χ0n) is 23.1. The molecule has 0 unspecified atom stereocenters. The molecule has 0 spiro atoms. The molecule has 5 rings (SSSR count). The van der Waals surface area contributed by atoms with Gasteiger partial charge >= 0.3 is 0 Å². The monoisotopic (exact) mass is 712 g/mol. The highest BCUT2D eigenvalue weighted by atomic mass is 35.5. The minimum Gasteiger partial charge on any atom is -0.378 e. The lowest BCUT2D eigenvalue weighted by atomic mass is 10.2. The van der Waals surface area contributed by atoms with Crippen molar-refractivity contribution in [2.75, 3.05) is 46.0 Å². The lowest BCUT2D eigenvalue weighted by molar-refractivity contribution is 0.102. The third kappa shape index (κ3) is 7.46. The fourth-order valence-corrected chi connectivity index (χ4v) is 7.72. The number of hydrogen-bond acceptors (Lipinski definition) is 7. The summed E-state index contributed by atoms with van der Waals surface area (Å²) in [4.78, 5) is 14.8. The van der Waals surface area contributed by atoms with Gasteiger partial charge in [-0.2, -0.15) is 0 Å². The summed E-state index contributed by atoms with van der Waals surface area (Å²) < 4.78 is 77.1. The van der Waals surface area contributed by atoms with E-state index in [0.29, 0.717) is 32.0 Å². The second-order valence-electron chi connectivity index (χ2n) is 9.67. The van der Waals surface area contributed by atoms with E-state index < -0.39 is 36.7 Å². The van der Waals surface area contributed by atoms with Gasteiger partial charge in [-0.25, -0.2) is 21.2 Å². The third-order valence-electron chi connectivity index (χ3n) is 6.67. The molecule has 4 aromatic rings. The number of carbonyl (C=O) groups excluding carboxylic acids is 1. The molecule has 1 aliphatic heterocycles. The van der Waals surface area contributed by atoms with Gasteiger partial charge in [0, 0.05) is 13.1 Å². The SMILES string of the molecule is O=C(Nc1cc(S(=O)(=O)Nc2ccccc2Cl)ccc1N1CCOCC1)c1cc(S(=O)(=O)Nc2ccccc2F)c(Cl)cc1Cl. The molecule has 0 radical (unpaired) electrons. The molecule has 0 saturated carbocycles. The van der Waals surface area contributed by atoms with Crippen molar-refractivity contribution in [2.24, 2.45) is 0 Å². The molecule has 1 aliphatic rings. The molecule has 16 heteroatoms. The average molecular weight is 714 g/mol. The zero-order chi connectivity index (χ0) is 32.4. The number of nitrogens with zero attached hydrogens (tertiary/aromatic N) is 1. The Morgan fingerprint density at radius 2 is 1.38 bits per heavy atom. The van der Waals surface area contributed by atoms with Gasteiger partial charge in [0.2, 0.25) is 0 Å². The first-order valence-electron chi connectivity index (χ1n) is 13.2. The lowest BCUT2D eigenvalue weighted by Gasteiger charge is -2.31. The predicted molar refractivity (Wildman–Crippen MR) is 173 cm³/mol. The van der Waals surface area contributed by atoms with E-state index >= 15 is 0 Å². The second-order valence-corrected chi connectivity index (χ2v) is 14.2. The van der Waals surface area contributed by atoms with Gasteiger partial charge in [0.25, 0.3) is 26.0 Å². The summed E-state index contributed by atoms with van der Waals surface area (Å²) in [6.45, 7) is 1.72. The Bertz CT molecular complexity index is 1990. The highest BCUT2D eigenvalue weighted by molar-refractivity contribution is 7.93. The van der Waals surface area contributed by atoms with E-state index in [0.717, 1.165) is 18.2 Å². The third-order valence-corrected chi connectivity index (χ3v) is 10.5. The van der Waals surface area contributed by atoms with E-state index in [1.807, 2.05) is 4.90 Å². The second kappa shape index (κ2) is 13.4. The number of benzene rings is 4. The maximum Gasteiger partial charge on any atom is 0.263 e. The molecule has 0 aliphatic carbocycles. The van der Waals surface area contributed by atoms with Crippen LogP contribution in [0.4, 0.5) is 27.1 Å². The minimum absolute atomic E-state index is 0.101. The maximum atomic E-state index is 14.2. The molecular formula is C29H24Cl3FN4O6S2. The number of hydrogen-bond donors (Lipinski definition) is 3. The molecule has 0 atom stereocenters. The Morgan fingerprint density at radius 3 is 2.07 bits per heavy atom. The fraction of sp³-hybridized carbons (Fsp3) is 0.138. The van der Waals surface area contributed by atoms with Gasteiger partial charge in [0.05, 0.1) is 61.5 Å². The largest absolute Gasteiger partial charge is 0.378 e. The number of carbonyl (C=O) groups is 1. The van der Waals surface area contributed by atoms with Gasteiger partial charge in [0.1, 0.15) is 10.7 Å². The number of sulfonamides is 2. The van der Waals surface area contributed by atoms with Crippen LogP contribution in [0.25, 0.3) is 0 Å². The number of para-hydroxylation sites is 2. The Balaban J connectivity index is 1.51. The van der Waals surface area contributed by atoms with Crippen molar-refractivity contribution < 1.29 is 30.8 Å². The van der Waals surface area contributed by atoms with E-state index in [4.69, 9.17) is 39.5 Å². The summed E-state index contributed by atoms with van der Waals surface area (Å²) in [6.07, 6.45) is 0. The smallest absolute Gasteiger partial charge is 0.263 e. The van der Waals surface area contributed by atoms with Crippen LogP contribution in [-0.2, 0) is 24.8 Å². The summed E-state index contributed by atoms with van der Waals surface area (Å²) in [6, 6.07) is 17.6. The summed E-state index contributed by atoms with van der Waals surface area (Å²) in [5.74, 6) is -1.68. The van der Waals surface area contributed by atoms with Crippen LogP contribution < -0.4 is 19.7 Å². The lowest BCUT2D eigenvalue weighted by Crippen LogP contribution is -2.36. The molecule has 1 heterocycles. The average Bonchev–Trinajstić information content (AvgIpc) is 2.99. The van der Waals surface area contributed by atoms with Crippen LogP contribution in [0.2, 0.25) is 15.1 Å². The van der Waals surface area contributed by atoms with Crippen LogP contribution in [-0.4, -0.2) is 49.0 Å². The van der Waals surface area contributed by atoms with Crippen LogP contribution in [0.1, 0.15) is 10.4 Å². The van der Waals surface area contributed by atoms with Crippen molar-refractivity contribution in [3.8, 4) is 0 Å². The summed E-state index contributed by atoms with van der Waals surface area (Å²) in [7, 11) is -8.65. The zero-order valence-corrected chi connectivity index (χ0v) is 27.0. The first-order chi connectivity index (χ1) is 21.4. The van der Waals surface area contributed by atoms with Gasteiger partial charge in [-0.05, 0) is 54.6 Å². The van der Waals surface area contributed by atoms with E-state index in [-0.39, 0.29) is 42.6 Å². The first-order valence-corrected chi connectivity index (χ1v) is 17.3. The van der Waals surface area contributed by atoms with Crippen molar-refractivity contribution >= 4 is 83.5 Å². The van der Waals surface area contributed by atoms with Crippen molar-refractivity contribution in [3.05, 3.63) is 105 Å². The minimum atomic E-state index is -4.48. The van der Waals surface area contributed by atoms with Crippen LogP contribution in [0, 0.1) is 5.82 Å². The number of rotatable bonds is 9. The van der Waals surface area contributed by atoms with Gasteiger partial charge in [-0.1, -0.05) is 59.1 Å². The number of halogens is 4. The molecule has 0 aromatic heterocycles. The Morgan fingerprint density at radius 1 is 0.733 bits per heavy atom. The normalized spacial score (nSPS) is 13.7. The first kappa shape index (κ1) is 32.8. The number of amides is 1. The highest BCUT2D eigenvalue weighted by Crippen LogP contribution is 2.34. The van der Waals surface area contributed by atoms with E-state index in [2.05, 4.69) is 14.8 Å². The van der Waals surface area contributed by atoms with Gasteiger partial charge < -0.3 is 15.0 Å². The summed E-state index contributed by atoms with van der Waals surface area (Å²) in [5, 5.41) is 2.36. The molecule has 3 N–H and O–H groups in total. The van der Waals surface area contributed by atoms with E-state index in [1.54, 1.807) is 18.2 Å². The highest BCUT2D eigenvalue weighted by Gasteiger charge is 2.26. The molecule has 1 amide bonds. The topological polar surface area (TPSA) is 134 Å². The van der Waals surface area contributed by atoms with E-state index in [9.17, 15) is 26.0 Å². The van der Waals surface area contributed by atoms with Crippen LogP contribution in [0.15, 0.2) is 88.7 Å². The van der Waals surface area contributed by atoms with Gasteiger partial charge in [-0.3, -0.25) is 14.2 Å². The molecule has 236 valence electrons. The van der Waals surface area contributed by atoms with Crippen molar-refractivity contribution in [1.82, 2.24) is 0 Å². The summed E-state index contributed by atoms with van der Waals surface area (Å²) in [5.41, 5.74) is 0.137. The number of morpholine rings is 1. The van der Waals surface area contributed by atoms with Crippen LogP contribution in [0.5, 0.6) is 0 Å². The van der Waals surface area contributed by atoms with Crippen molar-refractivity contribution in [1.29, 1.82) is 0 Å². The number of ether oxygens (including phenoxy) is 1. The Labute approximate surface area is 274 Å². The van der Waals surface area contributed by atoms with Gasteiger partial charge in [-0.15, -0.1) is 0 Å². The van der Waals surface area contributed by atoms with E-state index in [1.165, 1.54) is 42.5 Å². The maximum absolute atomic E-state index is 14.2. The molecule has 10 nitrogen and oxygen atoms in total. The Hall–Kier alpha value is -3.59. The molecule has 1 fully saturated rings. The van der Waals surface area contributed by atoms with Crippen LogP contribution >= 0.6 is 34.8 Å². The fourth-order valence-electron chi connectivity index (χ4n) is 4.45. The van der Waals surface area contributed by atoms with Crippen LogP contribution in [0.3, 0.4) is 0 Å². The Kier molecular flexibility index (Phi) is 9.77. The molecular weight excluding hydrogens is 690 g/mol. The van der Waals surface area contributed by atoms with Crippen molar-refractivity contribution in [3.63, 3.8) is 0 Å². The number of anilines is 4. The van der Waals surface area contributed by atoms with Gasteiger partial charge in [0.15, 0.2) is 0 Å². The molecule has 1 saturated heterocycles. The quantitative estimate of drug-likeness (QED) is 0.181. The molecule has 4 aromatic carbocycles. The van der Waals surface area contributed by atoms with Crippen molar-refractivity contribution in [2.45, 2.75) is 9.79 Å². The molecule has 45 heavy (non-hydrogen) atoms.